The number of allylic oxidation sites excluding steroid dienone is 3. The van der Waals surface area contributed by atoms with Crippen molar-refractivity contribution in [2.24, 2.45) is 11.1 Å². The van der Waals surface area contributed by atoms with Crippen LogP contribution < -0.4 is 15.4 Å². The fourth-order valence-electron chi connectivity index (χ4n) is 5.88. The van der Waals surface area contributed by atoms with Crippen LogP contribution in [0.15, 0.2) is 83.3 Å². The van der Waals surface area contributed by atoms with Crippen molar-refractivity contribution in [2.45, 2.75) is 60.0 Å². The first kappa shape index (κ1) is 27.2. The Morgan fingerprint density at radius 2 is 1.70 bits per heavy atom. The van der Waals surface area contributed by atoms with Gasteiger partial charge in [-0.3, -0.25) is 9.69 Å². The SMILES string of the molecule is Cc1ccc(OCc2cc(C3C(C#N)=C(N)N(c4ccc(F)cc4)C4=C3C(=O)CC(C)(C)C4)c(C)cc2C)cc1. The second kappa shape index (κ2) is 10.3. The van der Waals surface area contributed by atoms with Crippen molar-refractivity contribution in [1.82, 2.24) is 0 Å². The van der Waals surface area contributed by atoms with E-state index in [1.54, 1.807) is 17.0 Å². The minimum absolute atomic E-state index is 0.000965. The average Bonchev–Trinajstić information content (AvgIpc) is 2.89. The van der Waals surface area contributed by atoms with Gasteiger partial charge in [-0.2, -0.15) is 5.26 Å². The summed E-state index contributed by atoms with van der Waals surface area (Å²) in [7, 11) is 0. The van der Waals surface area contributed by atoms with E-state index in [0.717, 1.165) is 39.3 Å². The van der Waals surface area contributed by atoms with E-state index in [2.05, 4.69) is 32.0 Å². The third-order valence-electron chi connectivity index (χ3n) is 7.92. The maximum Gasteiger partial charge on any atom is 0.162 e. The molecule has 1 aliphatic carbocycles. The number of hydrogen-bond acceptors (Lipinski definition) is 5. The molecule has 0 saturated carbocycles. The summed E-state index contributed by atoms with van der Waals surface area (Å²) in [6.07, 6.45) is 0.960. The molecule has 40 heavy (non-hydrogen) atoms. The van der Waals surface area contributed by atoms with Crippen molar-refractivity contribution >= 4 is 11.5 Å². The smallest absolute Gasteiger partial charge is 0.162 e. The Morgan fingerprint density at radius 3 is 2.35 bits per heavy atom. The maximum atomic E-state index is 13.9. The first-order valence-electron chi connectivity index (χ1n) is 13.5. The number of nitrogens with zero attached hydrogens (tertiary/aromatic N) is 2. The van der Waals surface area contributed by atoms with E-state index < -0.39 is 5.92 Å². The Balaban J connectivity index is 1.65. The molecule has 1 atom stereocenters. The van der Waals surface area contributed by atoms with Gasteiger partial charge in [0.25, 0.3) is 0 Å². The molecule has 2 aliphatic rings. The molecule has 5 rings (SSSR count). The molecule has 0 fully saturated rings. The van der Waals surface area contributed by atoms with Gasteiger partial charge in [-0.15, -0.1) is 0 Å². The zero-order valence-electron chi connectivity index (χ0n) is 23.6. The summed E-state index contributed by atoms with van der Waals surface area (Å²) in [4.78, 5) is 15.7. The van der Waals surface area contributed by atoms with Crippen LogP contribution in [-0.4, -0.2) is 5.78 Å². The third-order valence-corrected chi connectivity index (χ3v) is 7.92. The third kappa shape index (κ3) is 5.00. The van der Waals surface area contributed by atoms with E-state index in [1.165, 1.54) is 12.1 Å². The van der Waals surface area contributed by atoms with E-state index in [1.807, 2.05) is 45.0 Å². The van der Waals surface area contributed by atoms with Gasteiger partial charge < -0.3 is 10.5 Å². The number of nitriles is 1. The van der Waals surface area contributed by atoms with Gasteiger partial charge >= 0.3 is 0 Å². The lowest BCUT2D eigenvalue weighted by molar-refractivity contribution is -0.118. The minimum Gasteiger partial charge on any atom is -0.489 e. The molecular weight excluding hydrogens is 501 g/mol. The zero-order chi connectivity index (χ0) is 28.8. The summed E-state index contributed by atoms with van der Waals surface area (Å²) in [5, 5.41) is 10.4. The summed E-state index contributed by atoms with van der Waals surface area (Å²) in [5.41, 5.74) is 13.8. The molecule has 1 unspecified atom stereocenters. The lowest BCUT2D eigenvalue weighted by Crippen LogP contribution is -2.42. The maximum absolute atomic E-state index is 13.9. The number of rotatable bonds is 5. The van der Waals surface area contributed by atoms with Crippen LogP contribution in [0.2, 0.25) is 0 Å². The fourth-order valence-corrected chi connectivity index (χ4v) is 5.88. The highest BCUT2D eigenvalue weighted by molar-refractivity contribution is 6.01. The summed E-state index contributed by atoms with van der Waals surface area (Å²) in [6.45, 7) is 10.5. The van der Waals surface area contributed by atoms with E-state index in [-0.39, 0.29) is 22.8 Å². The predicted molar refractivity (Wildman–Crippen MR) is 155 cm³/mol. The lowest BCUT2D eigenvalue weighted by Gasteiger charge is -2.44. The Morgan fingerprint density at radius 1 is 1.02 bits per heavy atom. The normalized spacial score (nSPS) is 18.5. The van der Waals surface area contributed by atoms with Gasteiger partial charge in [0.15, 0.2) is 5.78 Å². The Labute approximate surface area is 235 Å². The second-order valence-electron chi connectivity index (χ2n) is 11.7. The van der Waals surface area contributed by atoms with Crippen LogP contribution in [0.5, 0.6) is 5.75 Å². The van der Waals surface area contributed by atoms with E-state index >= 15 is 0 Å². The van der Waals surface area contributed by atoms with Gasteiger partial charge in [-0.25, -0.2) is 4.39 Å². The minimum atomic E-state index is -0.598. The molecule has 0 spiro atoms. The molecule has 5 nitrogen and oxygen atoms in total. The van der Waals surface area contributed by atoms with Gasteiger partial charge in [0.1, 0.15) is 24.0 Å². The van der Waals surface area contributed by atoms with E-state index in [9.17, 15) is 14.4 Å². The van der Waals surface area contributed by atoms with Crippen LogP contribution in [0.25, 0.3) is 0 Å². The van der Waals surface area contributed by atoms with Crippen LogP contribution in [0.3, 0.4) is 0 Å². The predicted octanol–water partition coefficient (Wildman–Crippen LogP) is 7.27. The van der Waals surface area contributed by atoms with Gasteiger partial charge in [0.05, 0.1) is 17.6 Å². The molecule has 0 saturated heterocycles. The Bertz CT molecular complexity index is 1590. The summed E-state index contributed by atoms with van der Waals surface area (Å²) < 4.78 is 19.9. The molecule has 3 aromatic carbocycles. The number of aryl methyl sites for hydroxylation is 3. The van der Waals surface area contributed by atoms with Gasteiger partial charge in [-0.05, 0) is 91.3 Å². The number of benzene rings is 3. The second-order valence-corrected chi connectivity index (χ2v) is 11.7. The molecule has 1 aliphatic heterocycles. The van der Waals surface area contributed by atoms with Crippen molar-refractivity contribution in [3.63, 3.8) is 0 Å². The summed E-state index contributed by atoms with van der Waals surface area (Å²) >= 11 is 0. The van der Waals surface area contributed by atoms with Gasteiger partial charge in [-0.1, -0.05) is 43.7 Å². The molecule has 204 valence electrons. The van der Waals surface area contributed by atoms with E-state index in [0.29, 0.717) is 36.3 Å². The van der Waals surface area contributed by atoms with Crippen LogP contribution in [0.1, 0.15) is 60.4 Å². The van der Waals surface area contributed by atoms with Crippen LogP contribution in [-0.2, 0) is 11.4 Å². The molecule has 2 N–H and O–H groups in total. The number of anilines is 1. The number of carbonyl (C=O) groups excluding carboxylic acids is 1. The first-order chi connectivity index (χ1) is 19.0. The Kier molecular flexibility index (Phi) is 7.01. The van der Waals surface area contributed by atoms with Gasteiger partial charge in [0.2, 0.25) is 0 Å². The molecule has 1 heterocycles. The van der Waals surface area contributed by atoms with Crippen LogP contribution in [0.4, 0.5) is 10.1 Å². The van der Waals surface area contributed by atoms with Crippen LogP contribution >= 0.6 is 0 Å². The monoisotopic (exact) mass is 535 g/mol. The topological polar surface area (TPSA) is 79.3 Å². The summed E-state index contributed by atoms with van der Waals surface area (Å²) in [5.74, 6) is 0.0729. The summed E-state index contributed by atoms with van der Waals surface area (Å²) in [6, 6.07) is 20.4. The highest BCUT2D eigenvalue weighted by Gasteiger charge is 2.45. The number of halogens is 1. The standard InChI is InChI=1S/C34H34FN3O2/c1-20-6-12-26(13-7-20)40-19-23-15-27(22(3)14-21(23)2)31-28(18-36)33(37)38(25-10-8-24(35)9-11-25)29-16-34(4,5)17-30(39)32(29)31/h6-15,31H,16-17,19,37H2,1-5H3. The molecule has 6 heteroatoms. The van der Waals surface area contributed by atoms with Crippen molar-refractivity contribution in [2.75, 3.05) is 4.90 Å². The number of hydrogen-bond donors (Lipinski definition) is 1. The van der Waals surface area contributed by atoms with Crippen molar-refractivity contribution in [3.8, 4) is 11.8 Å². The number of ether oxygens (including phenoxy) is 1. The fraction of sp³-hybridized carbons (Fsp3) is 0.294. The number of ketones is 1. The molecule has 0 bridgehead atoms. The molecule has 0 radical (unpaired) electrons. The number of nitrogens with two attached hydrogens (primary N) is 1. The highest BCUT2D eigenvalue weighted by Crippen LogP contribution is 2.50. The van der Waals surface area contributed by atoms with Crippen LogP contribution in [0, 0.1) is 43.3 Å². The van der Waals surface area contributed by atoms with Crippen molar-refractivity contribution < 1.29 is 13.9 Å². The lowest BCUT2D eigenvalue weighted by atomic mass is 9.68. The molecule has 0 aromatic heterocycles. The zero-order valence-corrected chi connectivity index (χ0v) is 23.6. The first-order valence-corrected chi connectivity index (χ1v) is 13.5. The Hall–Kier alpha value is -4.37. The number of Topliss-reactive ketones (excluding diaryl/α,β-unsaturated/α-hetero) is 1. The quantitative estimate of drug-likeness (QED) is 0.372. The largest absolute Gasteiger partial charge is 0.489 e. The van der Waals surface area contributed by atoms with E-state index in [4.69, 9.17) is 10.5 Å². The van der Waals surface area contributed by atoms with Crippen molar-refractivity contribution in [1.29, 1.82) is 5.26 Å². The molecular formula is C34H34FN3O2. The highest BCUT2D eigenvalue weighted by atomic mass is 19.1. The molecule has 0 amide bonds. The molecule has 3 aromatic rings. The average molecular weight is 536 g/mol. The number of carbonyl (C=O) groups is 1. The van der Waals surface area contributed by atoms with Crippen molar-refractivity contribution in [3.05, 3.63) is 117 Å². The van der Waals surface area contributed by atoms with Gasteiger partial charge in [0, 0.05) is 23.4 Å².